The van der Waals surface area contributed by atoms with Gasteiger partial charge in [-0.3, -0.25) is 9.59 Å². The summed E-state index contributed by atoms with van der Waals surface area (Å²) in [6.45, 7) is 3.91. The summed E-state index contributed by atoms with van der Waals surface area (Å²) >= 11 is 0. The van der Waals surface area contributed by atoms with Crippen LogP contribution in [-0.2, 0) is 14.3 Å². The van der Waals surface area contributed by atoms with E-state index in [1.807, 2.05) is 42.5 Å². The number of esters is 1. The molecule has 0 aliphatic carbocycles. The zero-order valence-corrected chi connectivity index (χ0v) is 17.5. The first-order chi connectivity index (χ1) is 14.9. The maximum atomic E-state index is 12.8. The number of carbonyl (C=O) groups excluding carboxylic acids is 3. The quantitative estimate of drug-likeness (QED) is 0.626. The Bertz CT molecular complexity index is 1130. The van der Waals surface area contributed by atoms with E-state index in [2.05, 4.69) is 5.32 Å². The first-order valence-electron chi connectivity index (χ1n) is 10.3. The van der Waals surface area contributed by atoms with Gasteiger partial charge in [0.15, 0.2) is 0 Å². The van der Waals surface area contributed by atoms with Crippen LogP contribution in [0.3, 0.4) is 0 Å². The minimum atomic E-state index is -0.447. The lowest BCUT2D eigenvalue weighted by Crippen LogP contribution is -2.28. The first kappa shape index (κ1) is 20.6. The van der Waals surface area contributed by atoms with Crippen LogP contribution in [0.5, 0.6) is 0 Å². The van der Waals surface area contributed by atoms with E-state index < -0.39 is 11.9 Å². The minimum Gasteiger partial charge on any atom is -0.459 e. The second-order valence-electron chi connectivity index (χ2n) is 7.92. The van der Waals surface area contributed by atoms with E-state index in [4.69, 9.17) is 4.74 Å². The molecule has 0 aromatic heterocycles. The Labute approximate surface area is 180 Å². The van der Waals surface area contributed by atoms with Gasteiger partial charge >= 0.3 is 5.97 Å². The molecule has 3 aromatic rings. The number of benzene rings is 3. The number of hydrogen-bond donors (Lipinski definition) is 1. The van der Waals surface area contributed by atoms with Crippen molar-refractivity contribution < 1.29 is 19.1 Å². The fraction of sp³-hybridized carbons (Fsp3) is 0.240. The van der Waals surface area contributed by atoms with Crippen LogP contribution in [0.25, 0.3) is 10.8 Å². The number of anilines is 2. The van der Waals surface area contributed by atoms with Crippen molar-refractivity contribution >= 4 is 39.9 Å². The molecule has 31 heavy (non-hydrogen) atoms. The molecule has 158 valence electrons. The molecule has 1 fully saturated rings. The van der Waals surface area contributed by atoms with Crippen LogP contribution in [0.1, 0.15) is 30.6 Å². The van der Waals surface area contributed by atoms with Gasteiger partial charge in [-0.15, -0.1) is 0 Å². The van der Waals surface area contributed by atoms with Gasteiger partial charge < -0.3 is 15.0 Å². The Balaban J connectivity index is 1.44. The summed E-state index contributed by atoms with van der Waals surface area (Å²) in [6, 6.07) is 20.3. The van der Waals surface area contributed by atoms with Crippen molar-refractivity contribution in [2.75, 3.05) is 16.8 Å². The zero-order chi connectivity index (χ0) is 22.0. The van der Waals surface area contributed by atoms with Gasteiger partial charge in [-0.25, -0.2) is 4.79 Å². The molecule has 3 aromatic carbocycles. The highest BCUT2D eigenvalue weighted by atomic mass is 16.5. The predicted molar refractivity (Wildman–Crippen MR) is 120 cm³/mol. The molecule has 0 radical (unpaired) electrons. The molecule has 1 saturated heterocycles. The summed E-state index contributed by atoms with van der Waals surface area (Å²) in [6.07, 6.45) is -0.0372. The van der Waals surface area contributed by atoms with Crippen molar-refractivity contribution in [1.82, 2.24) is 0 Å². The number of hydrogen-bond acceptors (Lipinski definition) is 4. The molecule has 0 bridgehead atoms. The third-order valence-electron chi connectivity index (χ3n) is 5.28. The monoisotopic (exact) mass is 416 g/mol. The number of carbonyl (C=O) groups is 3. The summed E-state index contributed by atoms with van der Waals surface area (Å²) in [7, 11) is 0. The number of fused-ring (bicyclic) bond motifs is 1. The third-order valence-corrected chi connectivity index (χ3v) is 5.28. The minimum absolute atomic E-state index is 0.0664. The van der Waals surface area contributed by atoms with Crippen molar-refractivity contribution in [2.24, 2.45) is 5.92 Å². The van der Waals surface area contributed by atoms with Gasteiger partial charge in [0.1, 0.15) is 0 Å². The predicted octanol–water partition coefficient (Wildman–Crippen LogP) is 4.40. The van der Waals surface area contributed by atoms with Crippen LogP contribution >= 0.6 is 0 Å². The highest BCUT2D eigenvalue weighted by molar-refractivity contribution is 6.08. The molecule has 6 heteroatoms. The van der Waals surface area contributed by atoms with Crippen molar-refractivity contribution in [3.8, 4) is 0 Å². The van der Waals surface area contributed by atoms with Gasteiger partial charge in [-0.1, -0.05) is 36.4 Å². The Kier molecular flexibility index (Phi) is 5.71. The van der Waals surface area contributed by atoms with E-state index in [1.54, 1.807) is 43.0 Å². The lowest BCUT2D eigenvalue weighted by atomic mass is 10.1. The number of ether oxygens (including phenoxy) is 1. The molecule has 1 aliphatic heterocycles. The lowest BCUT2D eigenvalue weighted by molar-refractivity contribution is -0.122. The normalized spacial score (nSPS) is 16.0. The van der Waals surface area contributed by atoms with Gasteiger partial charge in [-0.2, -0.15) is 0 Å². The van der Waals surface area contributed by atoms with Crippen LogP contribution in [0.2, 0.25) is 0 Å². The van der Waals surface area contributed by atoms with Gasteiger partial charge in [-0.05, 0) is 49.6 Å². The topological polar surface area (TPSA) is 75.7 Å². The largest absolute Gasteiger partial charge is 0.459 e. The van der Waals surface area contributed by atoms with Crippen LogP contribution < -0.4 is 10.2 Å². The molecule has 1 aliphatic rings. The van der Waals surface area contributed by atoms with Crippen molar-refractivity contribution in [2.45, 2.75) is 26.4 Å². The maximum absolute atomic E-state index is 12.8. The highest BCUT2D eigenvalue weighted by Crippen LogP contribution is 2.32. The van der Waals surface area contributed by atoms with Gasteiger partial charge in [0.25, 0.3) is 0 Å². The molecular weight excluding hydrogens is 392 g/mol. The zero-order valence-electron chi connectivity index (χ0n) is 17.5. The molecular formula is C25H24N2O4. The summed E-state index contributed by atoms with van der Waals surface area (Å²) in [5.41, 5.74) is 1.82. The van der Waals surface area contributed by atoms with Crippen LogP contribution in [-0.4, -0.2) is 30.4 Å². The van der Waals surface area contributed by atoms with Gasteiger partial charge in [0, 0.05) is 24.0 Å². The van der Waals surface area contributed by atoms with Crippen molar-refractivity contribution in [3.63, 3.8) is 0 Å². The van der Waals surface area contributed by atoms with Crippen LogP contribution in [0.4, 0.5) is 11.4 Å². The van der Waals surface area contributed by atoms with E-state index in [0.717, 1.165) is 16.5 Å². The second kappa shape index (κ2) is 8.60. The SMILES string of the molecule is CC(C)OC(=O)c1ccc(NC(=O)[C@@H]2CC(=O)N(c3cccc4ccccc34)C2)cc1. The van der Waals surface area contributed by atoms with E-state index in [0.29, 0.717) is 17.8 Å². The molecule has 1 atom stereocenters. The number of rotatable bonds is 5. The second-order valence-corrected chi connectivity index (χ2v) is 7.92. The summed E-state index contributed by atoms with van der Waals surface area (Å²) < 4.78 is 5.17. The average Bonchev–Trinajstić information content (AvgIpc) is 3.15. The Hall–Kier alpha value is -3.67. The molecule has 0 saturated carbocycles. The van der Waals surface area contributed by atoms with Crippen molar-refractivity contribution in [3.05, 3.63) is 72.3 Å². The summed E-state index contributed by atoms with van der Waals surface area (Å²) in [5.74, 6) is -1.13. The molecule has 0 unspecified atom stereocenters. The van der Waals surface area contributed by atoms with Crippen molar-refractivity contribution in [1.29, 1.82) is 0 Å². The first-order valence-corrected chi connectivity index (χ1v) is 10.3. The molecule has 0 spiro atoms. The fourth-order valence-corrected chi connectivity index (χ4v) is 3.78. The van der Waals surface area contributed by atoms with E-state index in [9.17, 15) is 14.4 Å². The van der Waals surface area contributed by atoms with Crippen LogP contribution in [0, 0.1) is 5.92 Å². The average molecular weight is 416 g/mol. The molecule has 4 rings (SSSR count). The van der Waals surface area contributed by atoms with E-state index in [-0.39, 0.29) is 24.3 Å². The van der Waals surface area contributed by atoms with Gasteiger partial charge in [0.2, 0.25) is 11.8 Å². The summed E-state index contributed by atoms with van der Waals surface area (Å²) in [5, 5.41) is 4.89. The number of nitrogens with zero attached hydrogens (tertiary/aromatic N) is 1. The number of amides is 2. The van der Waals surface area contributed by atoms with Gasteiger partial charge in [0.05, 0.1) is 23.3 Å². The Morgan fingerprint density at radius 3 is 2.45 bits per heavy atom. The summed E-state index contributed by atoms with van der Waals surface area (Å²) in [4.78, 5) is 39.1. The molecule has 1 heterocycles. The standard InChI is InChI=1S/C25H24N2O4/c1-16(2)31-25(30)18-10-12-20(13-11-18)26-24(29)19-14-23(28)27(15-19)22-9-5-7-17-6-3-4-8-21(17)22/h3-13,16,19H,14-15H2,1-2H3,(H,26,29)/t19-/m1/s1. The lowest BCUT2D eigenvalue weighted by Gasteiger charge is -2.19. The molecule has 1 N–H and O–H groups in total. The third kappa shape index (κ3) is 4.43. The number of nitrogens with one attached hydrogen (secondary N) is 1. The smallest absolute Gasteiger partial charge is 0.338 e. The molecule has 6 nitrogen and oxygen atoms in total. The van der Waals surface area contributed by atoms with E-state index in [1.165, 1.54) is 0 Å². The highest BCUT2D eigenvalue weighted by Gasteiger charge is 2.35. The maximum Gasteiger partial charge on any atom is 0.338 e. The fourth-order valence-electron chi connectivity index (χ4n) is 3.78. The Morgan fingerprint density at radius 2 is 1.71 bits per heavy atom. The van der Waals surface area contributed by atoms with Crippen LogP contribution in [0.15, 0.2) is 66.7 Å². The Morgan fingerprint density at radius 1 is 1.00 bits per heavy atom. The van der Waals surface area contributed by atoms with E-state index >= 15 is 0 Å². The molecule has 2 amide bonds.